The van der Waals surface area contributed by atoms with Crippen LogP contribution in [0.5, 0.6) is 0 Å². The zero-order chi connectivity index (χ0) is 13.0. The van der Waals surface area contributed by atoms with Crippen molar-refractivity contribution in [3.63, 3.8) is 0 Å². The fraction of sp³-hybridized carbons (Fsp3) is 0.286. The van der Waals surface area contributed by atoms with Crippen molar-refractivity contribution in [1.29, 1.82) is 0 Å². The molecule has 2 rings (SSSR count). The summed E-state index contributed by atoms with van der Waals surface area (Å²) in [7, 11) is 0. The van der Waals surface area contributed by atoms with Crippen LogP contribution in [-0.4, -0.2) is 6.54 Å². The van der Waals surface area contributed by atoms with Gasteiger partial charge in [-0.1, -0.05) is 30.7 Å². The molecule has 1 unspecified atom stereocenters. The lowest BCUT2D eigenvalue weighted by atomic mass is 10.0. The summed E-state index contributed by atoms with van der Waals surface area (Å²) in [5.74, 6) is -0.359. The molecular formula is C14H15ClFNS. The molecule has 0 saturated carbocycles. The van der Waals surface area contributed by atoms with E-state index in [1.165, 1.54) is 11.6 Å². The first-order valence-electron chi connectivity index (χ1n) is 5.90. The highest BCUT2D eigenvalue weighted by Gasteiger charge is 2.16. The van der Waals surface area contributed by atoms with E-state index in [0.717, 1.165) is 18.5 Å². The average molecular weight is 284 g/mol. The lowest BCUT2D eigenvalue weighted by molar-refractivity contribution is 0.543. The molecule has 1 atom stereocenters. The fourth-order valence-electron chi connectivity index (χ4n) is 1.97. The summed E-state index contributed by atoms with van der Waals surface area (Å²) in [4.78, 5) is 0. The van der Waals surface area contributed by atoms with Gasteiger partial charge in [0.2, 0.25) is 0 Å². The van der Waals surface area contributed by atoms with E-state index in [9.17, 15) is 4.39 Å². The summed E-state index contributed by atoms with van der Waals surface area (Å²) in [6, 6.07) is 7.11. The molecule has 0 fully saturated rings. The molecule has 0 aliphatic rings. The van der Waals surface area contributed by atoms with Crippen LogP contribution < -0.4 is 5.32 Å². The quantitative estimate of drug-likeness (QED) is 0.856. The summed E-state index contributed by atoms with van der Waals surface area (Å²) in [5, 5.41) is 7.74. The first-order valence-corrected chi connectivity index (χ1v) is 7.22. The molecule has 0 radical (unpaired) electrons. The van der Waals surface area contributed by atoms with Crippen molar-refractivity contribution in [2.75, 3.05) is 6.54 Å². The van der Waals surface area contributed by atoms with E-state index in [1.54, 1.807) is 17.4 Å². The van der Waals surface area contributed by atoms with Gasteiger partial charge < -0.3 is 5.32 Å². The predicted molar refractivity (Wildman–Crippen MR) is 75.9 cm³/mol. The van der Waals surface area contributed by atoms with E-state index < -0.39 is 0 Å². The van der Waals surface area contributed by atoms with E-state index >= 15 is 0 Å². The van der Waals surface area contributed by atoms with Crippen LogP contribution in [0, 0.1) is 5.82 Å². The SMILES string of the molecule is CCNC(Cc1ccsc1)c1cccc(F)c1Cl. The van der Waals surface area contributed by atoms with E-state index in [1.807, 2.05) is 18.4 Å². The number of hydrogen-bond donors (Lipinski definition) is 1. The minimum Gasteiger partial charge on any atom is -0.310 e. The number of hydrogen-bond acceptors (Lipinski definition) is 2. The Kier molecular flexibility index (Phi) is 4.75. The molecule has 18 heavy (non-hydrogen) atoms. The minimum absolute atomic E-state index is 0.0489. The Hall–Kier alpha value is -0.900. The Bertz CT molecular complexity index is 499. The zero-order valence-corrected chi connectivity index (χ0v) is 11.7. The Morgan fingerprint density at radius 3 is 2.89 bits per heavy atom. The maximum absolute atomic E-state index is 13.5. The van der Waals surface area contributed by atoms with Gasteiger partial charge >= 0.3 is 0 Å². The second-order valence-electron chi connectivity index (χ2n) is 4.09. The van der Waals surface area contributed by atoms with Gasteiger partial charge in [-0.2, -0.15) is 11.3 Å². The minimum atomic E-state index is -0.359. The molecule has 1 heterocycles. The third kappa shape index (κ3) is 3.10. The van der Waals surface area contributed by atoms with Gasteiger partial charge in [-0.05, 0) is 47.0 Å². The van der Waals surface area contributed by atoms with Gasteiger partial charge in [0.1, 0.15) is 5.82 Å². The second-order valence-corrected chi connectivity index (χ2v) is 5.25. The fourth-order valence-corrected chi connectivity index (χ4v) is 2.91. The molecule has 0 spiro atoms. The monoisotopic (exact) mass is 283 g/mol. The molecule has 96 valence electrons. The zero-order valence-electron chi connectivity index (χ0n) is 10.1. The van der Waals surface area contributed by atoms with Crippen LogP contribution in [0.15, 0.2) is 35.0 Å². The highest BCUT2D eigenvalue weighted by Crippen LogP contribution is 2.28. The lowest BCUT2D eigenvalue weighted by Gasteiger charge is -2.19. The summed E-state index contributed by atoms with van der Waals surface area (Å²) < 4.78 is 13.5. The Labute approximate surface area is 116 Å². The van der Waals surface area contributed by atoms with Gasteiger partial charge in [-0.25, -0.2) is 4.39 Å². The molecule has 1 nitrogen and oxygen atoms in total. The molecule has 1 N–H and O–H groups in total. The number of rotatable bonds is 5. The molecule has 1 aromatic heterocycles. The Balaban J connectivity index is 2.26. The first kappa shape index (κ1) is 13.5. The molecule has 4 heteroatoms. The van der Waals surface area contributed by atoms with Crippen LogP contribution in [-0.2, 0) is 6.42 Å². The maximum atomic E-state index is 13.5. The number of thiophene rings is 1. The van der Waals surface area contributed by atoms with Crippen molar-refractivity contribution in [3.05, 3.63) is 57.0 Å². The van der Waals surface area contributed by atoms with Gasteiger partial charge in [0.05, 0.1) is 5.02 Å². The maximum Gasteiger partial charge on any atom is 0.142 e. The molecule has 2 aromatic rings. The lowest BCUT2D eigenvalue weighted by Crippen LogP contribution is -2.23. The third-order valence-corrected chi connectivity index (χ3v) is 3.96. The number of likely N-dealkylation sites (N-methyl/N-ethyl adjacent to an activating group) is 1. The van der Waals surface area contributed by atoms with E-state index in [2.05, 4.69) is 16.8 Å². The van der Waals surface area contributed by atoms with E-state index in [4.69, 9.17) is 11.6 Å². The Morgan fingerprint density at radius 1 is 1.39 bits per heavy atom. The number of nitrogens with one attached hydrogen (secondary N) is 1. The first-order chi connectivity index (χ1) is 8.72. The highest BCUT2D eigenvalue weighted by molar-refractivity contribution is 7.07. The Morgan fingerprint density at radius 2 is 2.22 bits per heavy atom. The molecule has 0 aliphatic carbocycles. The van der Waals surface area contributed by atoms with Crippen molar-refractivity contribution in [2.45, 2.75) is 19.4 Å². The van der Waals surface area contributed by atoms with Crippen LogP contribution in [0.1, 0.15) is 24.1 Å². The van der Waals surface area contributed by atoms with Gasteiger partial charge in [0.25, 0.3) is 0 Å². The van der Waals surface area contributed by atoms with E-state index in [-0.39, 0.29) is 16.9 Å². The largest absolute Gasteiger partial charge is 0.310 e. The third-order valence-electron chi connectivity index (χ3n) is 2.83. The normalized spacial score (nSPS) is 12.6. The van der Waals surface area contributed by atoms with Crippen molar-refractivity contribution in [3.8, 4) is 0 Å². The highest BCUT2D eigenvalue weighted by atomic mass is 35.5. The molecule has 0 aliphatic heterocycles. The van der Waals surface area contributed by atoms with Crippen molar-refractivity contribution < 1.29 is 4.39 Å². The van der Waals surface area contributed by atoms with E-state index in [0.29, 0.717) is 0 Å². The number of benzene rings is 1. The van der Waals surface area contributed by atoms with Crippen molar-refractivity contribution in [2.24, 2.45) is 0 Å². The summed E-state index contributed by atoms with van der Waals surface area (Å²) >= 11 is 7.72. The van der Waals surface area contributed by atoms with Crippen LogP contribution >= 0.6 is 22.9 Å². The summed E-state index contributed by atoms with van der Waals surface area (Å²) in [6.07, 6.45) is 0.820. The van der Waals surface area contributed by atoms with Crippen LogP contribution in [0.3, 0.4) is 0 Å². The molecule has 0 bridgehead atoms. The second kappa shape index (κ2) is 6.32. The van der Waals surface area contributed by atoms with Gasteiger partial charge in [0.15, 0.2) is 0 Å². The molecular weight excluding hydrogens is 269 g/mol. The van der Waals surface area contributed by atoms with Gasteiger partial charge in [0, 0.05) is 6.04 Å². The van der Waals surface area contributed by atoms with Gasteiger partial charge in [-0.15, -0.1) is 0 Å². The standard InChI is InChI=1S/C14H15ClFNS/c1-2-17-13(8-10-6-7-18-9-10)11-4-3-5-12(16)14(11)15/h3-7,9,13,17H,2,8H2,1H3. The smallest absolute Gasteiger partial charge is 0.142 e. The average Bonchev–Trinajstić information content (AvgIpc) is 2.85. The topological polar surface area (TPSA) is 12.0 Å². The predicted octanol–water partition coefficient (Wildman–Crippen LogP) is 4.43. The van der Waals surface area contributed by atoms with Crippen LogP contribution in [0.2, 0.25) is 5.02 Å². The molecule has 0 amide bonds. The number of halogens is 2. The van der Waals surface area contributed by atoms with Crippen molar-refractivity contribution >= 4 is 22.9 Å². The van der Waals surface area contributed by atoms with Crippen LogP contribution in [0.4, 0.5) is 4.39 Å². The summed E-state index contributed by atoms with van der Waals surface area (Å²) in [5.41, 5.74) is 2.07. The molecule has 1 aromatic carbocycles. The van der Waals surface area contributed by atoms with Crippen LogP contribution in [0.25, 0.3) is 0 Å². The van der Waals surface area contributed by atoms with Gasteiger partial charge in [-0.3, -0.25) is 0 Å². The van der Waals surface area contributed by atoms with Crippen molar-refractivity contribution in [1.82, 2.24) is 5.32 Å². The summed E-state index contributed by atoms with van der Waals surface area (Å²) in [6.45, 7) is 2.86. The molecule has 0 saturated heterocycles.